The number of H-pyrrole nitrogens is 1. The van der Waals surface area contributed by atoms with E-state index in [-0.39, 0.29) is 12.2 Å². The van der Waals surface area contributed by atoms with Gasteiger partial charge in [-0.3, -0.25) is 9.36 Å². The summed E-state index contributed by atoms with van der Waals surface area (Å²) < 4.78 is 13.2. The number of hydrogen-bond donors (Lipinski definition) is 1. The molecule has 8 heteroatoms. The molecular formula is C28H27N3O4S. The lowest BCUT2D eigenvalue weighted by molar-refractivity contribution is -0.139. The molecule has 0 unspecified atom stereocenters. The third kappa shape index (κ3) is 3.87. The number of rotatable bonds is 5. The van der Waals surface area contributed by atoms with Crippen molar-refractivity contribution in [3.8, 4) is 5.75 Å². The van der Waals surface area contributed by atoms with E-state index in [4.69, 9.17) is 9.47 Å². The molecule has 0 saturated carbocycles. The zero-order chi connectivity index (χ0) is 25.6. The summed E-state index contributed by atoms with van der Waals surface area (Å²) in [5.41, 5.74) is 4.47. The van der Waals surface area contributed by atoms with E-state index < -0.39 is 12.0 Å². The van der Waals surface area contributed by atoms with Gasteiger partial charge < -0.3 is 14.5 Å². The molecule has 3 heterocycles. The number of ether oxygens (including phenoxy) is 2. The summed E-state index contributed by atoms with van der Waals surface area (Å²) in [5, 5.41) is 1.79. The van der Waals surface area contributed by atoms with Crippen molar-refractivity contribution >= 4 is 34.2 Å². The molecule has 36 heavy (non-hydrogen) atoms. The van der Waals surface area contributed by atoms with Crippen molar-refractivity contribution in [3.05, 3.63) is 95.9 Å². The molecule has 1 aliphatic heterocycles. The minimum Gasteiger partial charge on any atom is -0.496 e. The summed E-state index contributed by atoms with van der Waals surface area (Å²) in [6, 6.07) is 12.9. The SMILES string of the molecule is CCOC(=O)C1=C(C)N=c2sc(=Cc3cc(C)[nH]c3C)c(=O)n2[C@@H]1c1ccc(OC)c2ccccc12. The largest absolute Gasteiger partial charge is 0.496 e. The van der Waals surface area contributed by atoms with Crippen LogP contribution in [0.5, 0.6) is 5.75 Å². The fourth-order valence-electron chi connectivity index (χ4n) is 4.83. The number of allylic oxidation sites excluding steroid dienone is 1. The Balaban J connectivity index is 1.83. The van der Waals surface area contributed by atoms with Gasteiger partial charge in [0.25, 0.3) is 5.56 Å². The molecule has 0 bridgehead atoms. The van der Waals surface area contributed by atoms with Gasteiger partial charge >= 0.3 is 5.97 Å². The van der Waals surface area contributed by atoms with E-state index in [9.17, 15) is 9.59 Å². The van der Waals surface area contributed by atoms with Gasteiger partial charge in [-0.1, -0.05) is 41.7 Å². The van der Waals surface area contributed by atoms with E-state index in [1.54, 1.807) is 25.5 Å². The Morgan fingerprint density at radius 1 is 1.17 bits per heavy atom. The van der Waals surface area contributed by atoms with Crippen LogP contribution in [0.2, 0.25) is 0 Å². The van der Waals surface area contributed by atoms with Gasteiger partial charge in [-0.15, -0.1) is 0 Å². The molecule has 184 valence electrons. The van der Waals surface area contributed by atoms with Crippen molar-refractivity contribution in [3.63, 3.8) is 0 Å². The van der Waals surface area contributed by atoms with Gasteiger partial charge in [0, 0.05) is 16.8 Å². The van der Waals surface area contributed by atoms with Crippen LogP contribution in [-0.4, -0.2) is 29.2 Å². The molecular weight excluding hydrogens is 474 g/mol. The van der Waals surface area contributed by atoms with Crippen LogP contribution in [-0.2, 0) is 9.53 Å². The number of carbonyl (C=O) groups is 1. The number of aromatic nitrogens is 2. The molecule has 2 aromatic heterocycles. The number of esters is 1. The Bertz CT molecular complexity index is 1720. The van der Waals surface area contributed by atoms with Crippen LogP contribution in [0.1, 0.15) is 42.4 Å². The standard InChI is InChI=1S/C28H27N3O4S/c1-6-35-27(33)24-17(4)30-28-31(26(32)23(36-28)14-18-13-15(2)29-16(18)3)25(24)21-11-12-22(34-5)20-10-8-7-9-19(20)21/h7-14,25,29H,6H2,1-5H3/t25-/m1/s1. The molecule has 0 fully saturated rings. The molecule has 1 aliphatic rings. The van der Waals surface area contributed by atoms with E-state index in [0.29, 0.717) is 20.6 Å². The summed E-state index contributed by atoms with van der Waals surface area (Å²) in [6.45, 7) is 7.74. The van der Waals surface area contributed by atoms with Crippen molar-refractivity contribution in [1.29, 1.82) is 0 Å². The minimum atomic E-state index is -0.688. The first kappa shape index (κ1) is 23.8. The monoisotopic (exact) mass is 501 g/mol. The van der Waals surface area contributed by atoms with Crippen LogP contribution >= 0.6 is 11.3 Å². The van der Waals surface area contributed by atoms with E-state index in [1.807, 2.05) is 62.4 Å². The molecule has 4 aromatic rings. The summed E-state index contributed by atoms with van der Waals surface area (Å²) in [7, 11) is 1.63. The minimum absolute atomic E-state index is 0.198. The second-order valence-electron chi connectivity index (χ2n) is 8.74. The molecule has 0 radical (unpaired) electrons. The predicted octanol–water partition coefficient (Wildman–Crippen LogP) is 3.91. The van der Waals surface area contributed by atoms with Crippen molar-refractivity contribution in [2.45, 2.75) is 33.7 Å². The van der Waals surface area contributed by atoms with E-state index in [0.717, 1.165) is 39.0 Å². The van der Waals surface area contributed by atoms with Crippen LogP contribution in [0.4, 0.5) is 0 Å². The average Bonchev–Trinajstić information content (AvgIpc) is 3.34. The quantitative estimate of drug-likeness (QED) is 0.420. The van der Waals surface area contributed by atoms with Crippen LogP contribution < -0.4 is 19.6 Å². The van der Waals surface area contributed by atoms with Crippen LogP contribution in [0.3, 0.4) is 0 Å². The summed E-state index contributed by atoms with van der Waals surface area (Å²) in [5.74, 6) is 0.244. The Kier molecular flexibility index (Phi) is 6.14. The van der Waals surface area contributed by atoms with Crippen LogP contribution in [0.25, 0.3) is 16.8 Å². The summed E-state index contributed by atoms with van der Waals surface area (Å²) >= 11 is 1.32. The van der Waals surface area contributed by atoms with Gasteiger partial charge in [0.15, 0.2) is 4.80 Å². The highest BCUT2D eigenvalue weighted by atomic mass is 32.1. The van der Waals surface area contributed by atoms with Crippen molar-refractivity contribution in [2.75, 3.05) is 13.7 Å². The zero-order valence-electron chi connectivity index (χ0n) is 20.8. The Labute approximate surface area is 212 Å². The fourth-order valence-corrected chi connectivity index (χ4v) is 5.87. The summed E-state index contributed by atoms with van der Waals surface area (Å²) in [4.78, 5) is 35.6. The molecule has 7 nitrogen and oxygen atoms in total. The molecule has 5 rings (SSSR count). The highest BCUT2D eigenvalue weighted by Gasteiger charge is 2.34. The van der Waals surface area contributed by atoms with Crippen molar-refractivity contribution < 1.29 is 14.3 Å². The van der Waals surface area contributed by atoms with Gasteiger partial charge in [0.05, 0.1) is 35.6 Å². The number of aromatic amines is 1. The Morgan fingerprint density at radius 2 is 1.92 bits per heavy atom. The lowest BCUT2D eigenvalue weighted by Crippen LogP contribution is -2.40. The van der Waals surface area contributed by atoms with Gasteiger partial charge in [0.1, 0.15) is 5.75 Å². The average molecular weight is 502 g/mol. The molecule has 0 saturated heterocycles. The van der Waals surface area contributed by atoms with Gasteiger partial charge in [-0.05, 0) is 62.4 Å². The number of aryl methyl sites for hydroxylation is 2. The number of methoxy groups -OCH3 is 1. The summed E-state index contributed by atoms with van der Waals surface area (Å²) in [6.07, 6.45) is 1.88. The smallest absolute Gasteiger partial charge is 0.338 e. The molecule has 0 spiro atoms. The first-order chi connectivity index (χ1) is 17.3. The molecule has 0 amide bonds. The van der Waals surface area contributed by atoms with E-state index in [1.165, 1.54) is 11.3 Å². The van der Waals surface area contributed by atoms with E-state index >= 15 is 0 Å². The first-order valence-corrected chi connectivity index (χ1v) is 12.6. The highest BCUT2D eigenvalue weighted by molar-refractivity contribution is 7.07. The maximum Gasteiger partial charge on any atom is 0.338 e. The van der Waals surface area contributed by atoms with E-state index in [2.05, 4.69) is 9.98 Å². The number of hydrogen-bond acceptors (Lipinski definition) is 6. The molecule has 2 aromatic carbocycles. The van der Waals surface area contributed by atoms with Gasteiger partial charge in [0.2, 0.25) is 0 Å². The normalized spacial score (nSPS) is 15.7. The Morgan fingerprint density at radius 3 is 2.58 bits per heavy atom. The Hall–Kier alpha value is -3.91. The number of carbonyl (C=O) groups excluding carboxylic acids is 1. The third-order valence-electron chi connectivity index (χ3n) is 6.43. The molecule has 0 aliphatic carbocycles. The number of nitrogens with zero attached hydrogens (tertiary/aromatic N) is 2. The number of thiazole rings is 1. The maximum absolute atomic E-state index is 13.9. The lowest BCUT2D eigenvalue weighted by Gasteiger charge is -2.26. The van der Waals surface area contributed by atoms with Crippen LogP contribution in [0, 0.1) is 13.8 Å². The number of benzene rings is 2. The van der Waals surface area contributed by atoms with Gasteiger partial charge in [-0.2, -0.15) is 0 Å². The second-order valence-corrected chi connectivity index (χ2v) is 9.75. The second kappa shape index (κ2) is 9.28. The van der Waals surface area contributed by atoms with Gasteiger partial charge in [-0.25, -0.2) is 9.79 Å². The van der Waals surface area contributed by atoms with Crippen LogP contribution in [0.15, 0.2) is 63.5 Å². The van der Waals surface area contributed by atoms with Crippen molar-refractivity contribution in [1.82, 2.24) is 9.55 Å². The number of nitrogens with one attached hydrogen (secondary N) is 1. The topological polar surface area (TPSA) is 85.7 Å². The third-order valence-corrected chi connectivity index (χ3v) is 7.41. The highest BCUT2D eigenvalue weighted by Crippen LogP contribution is 2.37. The zero-order valence-corrected chi connectivity index (χ0v) is 21.7. The van der Waals surface area contributed by atoms with Crippen molar-refractivity contribution in [2.24, 2.45) is 4.99 Å². The predicted molar refractivity (Wildman–Crippen MR) is 141 cm³/mol. The lowest BCUT2D eigenvalue weighted by atomic mass is 9.91. The first-order valence-electron chi connectivity index (χ1n) is 11.8. The fraction of sp³-hybridized carbons (Fsp3) is 0.250. The maximum atomic E-state index is 13.9. The molecule has 1 N–H and O–H groups in total. The molecule has 1 atom stereocenters. The number of fused-ring (bicyclic) bond motifs is 2.